The Hall–Kier alpha value is -0.0400. The van der Waals surface area contributed by atoms with E-state index in [0.29, 0.717) is 0 Å². The first-order valence-electron chi connectivity index (χ1n) is 7.57. The van der Waals surface area contributed by atoms with Crippen LogP contribution in [0.4, 0.5) is 0 Å². The highest BCUT2D eigenvalue weighted by Gasteiger charge is 2.42. The molecule has 0 aromatic carbocycles. The first-order chi connectivity index (χ1) is 7.81. The first kappa shape index (κ1) is 12.4. The van der Waals surface area contributed by atoms with E-state index in [9.17, 15) is 0 Å². The van der Waals surface area contributed by atoms with Gasteiger partial charge in [-0.05, 0) is 44.1 Å². The van der Waals surface area contributed by atoms with Gasteiger partial charge in [0.15, 0.2) is 0 Å². The summed E-state index contributed by atoms with van der Waals surface area (Å²) < 4.78 is 0. The lowest BCUT2D eigenvalue weighted by Crippen LogP contribution is -2.51. The van der Waals surface area contributed by atoms with Crippen LogP contribution in [0.2, 0.25) is 0 Å². The highest BCUT2D eigenvalue weighted by molar-refractivity contribution is 4.96. The number of rotatable bonds is 4. The largest absolute Gasteiger partial charge is 0.297 e. The molecule has 0 aliphatic carbocycles. The molecule has 4 atom stereocenters. The molecule has 94 valence electrons. The zero-order chi connectivity index (χ0) is 11.5. The normalized spacial score (nSPS) is 39.9. The smallest absolute Gasteiger partial charge is 0.0127 e. The molecule has 0 saturated carbocycles. The maximum absolute atomic E-state index is 2.90. The van der Waals surface area contributed by atoms with E-state index in [2.05, 4.69) is 25.7 Å². The number of hydrogen-bond acceptors (Lipinski definition) is 1. The predicted octanol–water partition coefficient (Wildman–Crippen LogP) is 4.08. The van der Waals surface area contributed by atoms with Crippen LogP contribution in [0.5, 0.6) is 0 Å². The van der Waals surface area contributed by atoms with Crippen LogP contribution < -0.4 is 0 Å². The number of hydrogen-bond donors (Lipinski definition) is 0. The zero-order valence-corrected chi connectivity index (χ0v) is 11.4. The molecule has 2 saturated heterocycles. The molecule has 2 rings (SSSR count). The van der Waals surface area contributed by atoms with Gasteiger partial charge < -0.3 is 0 Å². The Labute approximate surface area is 102 Å². The third kappa shape index (κ3) is 2.16. The van der Waals surface area contributed by atoms with E-state index < -0.39 is 0 Å². The molecule has 16 heavy (non-hydrogen) atoms. The molecule has 0 spiro atoms. The fraction of sp³-hybridized carbons (Fsp3) is 1.00. The summed E-state index contributed by atoms with van der Waals surface area (Å²) in [5.74, 6) is 1.99. The van der Waals surface area contributed by atoms with Gasteiger partial charge in [0.05, 0.1) is 0 Å². The van der Waals surface area contributed by atoms with Gasteiger partial charge in [0.1, 0.15) is 0 Å². The van der Waals surface area contributed by atoms with Crippen LogP contribution >= 0.6 is 0 Å². The summed E-state index contributed by atoms with van der Waals surface area (Å²) in [4.78, 5) is 2.90. The van der Waals surface area contributed by atoms with Crippen LogP contribution in [0.1, 0.15) is 65.7 Å². The van der Waals surface area contributed by atoms with Crippen LogP contribution in [0.3, 0.4) is 0 Å². The summed E-state index contributed by atoms with van der Waals surface area (Å²) in [6, 6.07) is 1.87. The van der Waals surface area contributed by atoms with Gasteiger partial charge in [0.2, 0.25) is 0 Å². The van der Waals surface area contributed by atoms with Gasteiger partial charge in [-0.15, -0.1) is 0 Å². The molecule has 0 bridgehead atoms. The fourth-order valence-electron chi connectivity index (χ4n) is 4.28. The molecule has 0 radical (unpaired) electrons. The summed E-state index contributed by atoms with van der Waals surface area (Å²) in [5.41, 5.74) is 0. The van der Waals surface area contributed by atoms with Gasteiger partial charge in [-0.2, -0.15) is 0 Å². The minimum absolute atomic E-state index is 0.922. The Morgan fingerprint density at radius 2 is 1.81 bits per heavy atom. The van der Waals surface area contributed by atoms with E-state index in [4.69, 9.17) is 0 Å². The molecule has 2 fully saturated rings. The summed E-state index contributed by atoms with van der Waals surface area (Å²) in [5, 5.41) is 0. The molecule has 2 aliphatic heterocycles. The molecule has 1 heteroatoms. The van der Waals surface area contributed by atoms with Crippen LogP contribution in [-0.2, 0) is 0 Å². The van der Waals surface area contributed by atoms with Crippen LogP contribution in [0, 0.1) is 11.8 Å². The minimum atomic E-state index is 0.922. The lowest BCUT2D eigenvalue weighted by atomic mass is 9.75. The Bertz CT molecular complexity index is 213. The second kappa shape index (κ2) is 5.53. The van der Waals surface area contributed by atoms with Crippen molar-refractivity contribution in [3.63, 3.8) is 0 Å². The van der Waals surface area contributed by atoms with E-state index in [1.54, 1.807) is 0 Å². The van der Waals surface area contributed by atoms with Gasteiger partial charge in [-0.1, -0.05) is 40.0 Å². The van der Waals surface area contributed by atoms with E-state index in [-0.39, 0.29) is 0 Å². The third-order valence-electron chi connectivity index (χ3n) is 5.10. The standard InChI is InChI=1S/C15H29N/c1-4-8-14-12(5-2)11-13(6-3)15-9-7-10-16(14)15/h12-15H,4-11H2,1-3H3/t12-,13+,14+,15+/m1/s1. The van der Waals surface area contributed by atoms with Gasteiger partial charge in [-0.3, -0.25) is 4.90 Å². The van der Waals surface area contributed by atoms with E-state index >= 15 is 0 Å². The predicted molar refractivity (Wildman–Crippen MR) is 70.6 cm³/mol. The lowest BCUT2D eigenvalue weighted by molar-refractivity contribution is 0.0188. The average molecular weight is 223 g/mol. The summed E-state index contributed by atoms with van der Waals surface area (Å²) >= 11 is 0. The van der Waals surface area contributed by atoms with Crippen molar-refractivity contribution in [2.45, 2.75) is 77.8 Å². The van der Waals surface area contributed by atoms with Crippen molar-refractivity contribution in [3.8, 4) is 0 Å². The monoisotopic (exact) mass is 223 g/mol. The average Bonchev–Trinajstić information content (AvgIpc) is 2.78. The minimum Gasteiger partial charge on any atom is -0.297 e. The fourth-order valence-corrected chi connectivity index (χ4v) is 4.28. The maximum Gasteiger partial charge on any atom is 0.0127 e. The Morgan fingerprint density at radius 3 is 2.44 bits per heavy atom. The number of nitrogens with zero attached hydrogens (tertiary/aromatic N) is 1. The molecular weight excluding hydrogens is 194 g/mol. The summed E-state index contributed by atoms with van der Waals surface area (Å²) in [6.07, 6.45) is 10.0. The Morgan fingerprint density at radius 1 is 1.06 bits per heavy atom. The molecule has 0 amide bonds. The Kier molecular flexibility index (Phi) is 4.29. The molecular formula is C15H29N. The molecule has 2 aliphatic rings. The SMILES string of the molecule is CCC[C@H]1[C@H](CC)C[C@H](CC)[C@@H]2CCCN12. The quantitative estimate of drug-likeness (QED) is 0.694. The highest BCUT2D eigenvalue weighted by Crippen LogP contribution is 2.42. The van der Waals surface area contributed by atoms with Crippen molar-refractivity contribution >= 4 is 0 Å². The molecule has 0 aromatic rings. The molecule has 0 aromatic heterocycles. The van der Waals surface area contributed by atoms with Gasteiger partial charge >= 0.3 is 0 Å². The maximum atomic E-state index is 2.90. The van der Waals surface area contributed by atoms with Crippen molar-refractivity contribution in [1.82, 2.24) is 4.90 Å². The van der Waals surface area contributed by atoms with E-state index in [0.717, 1.165) is 23.9 Å². The van der Waals surface area contributed by atoms with Gasteiger partial charge in [-0.25, -0.2) is 0 Å². The first-order valence-corrected chi connectivity index (χ1v) is 7.57. The van der Waals surface area contributed by atoms with Crippen LogP contribution in [0.15, 0.2) is 0 Å². The zero-order valence-electron chi connectivity index (χ0n) is 11.4. The lowest BCUT2D eigenvalue weighted by Gasteiger charge is -2.47. The third-order valence-corrected chi connectivity index (χ3v) is 5.10. The molecule has 1 nitrogen and oxygen atoms in total. The van der Waals surface area contributed by atoms with Crippen molar-refractivity contribution in [2.24, 2.45) is 11.8 Å². The topological polar surface area (TPSA) is 3.24 Å². The van der Waals surface area contributed by atoms with Crippen LogP contribution in [-0.4, -0.2) is 23.5 Å². The molecule has 2 heterocycles. The number of piperidine rings is 1. The van der Waals surface area contributed by atoms with Crippen LogP contribution in [0.25, 0.3) is 0 Å². The number of fused-ring (bicyclic) bond motifs is 1. The second-order valence-corrected chi connectivity index (χ2v) is 5.88. The second-order valence-electron chi connectivity index (χ2n) is 5.88. The molecule has 0 N–H and O–H groups in total. The summed E-state index contributed by atoms with van der Waals surface area (Å²) in [6.45, 7) is 8.54. The highest BCUT2D eigenvalue weighted by atomic mass is 15.2. The van der Waals surface area contributed by atoms with E-state index in [1.807, 2.05) is 0 Å². The van der Waals surface area contributed by atoms with Gasteiger partial charge in [0.25, 0.3) is 0 Å². The van der Waals surface area contributed by atoms with Crippen molar-refractivity contribution in [1.29, 1.82) is 0 Å². The molecule has 0 unspecified atom stereocenters. The van der Waals surface area contributed by atoms with Crippen molar-refractivity contribution in [2.75, 3.05) is 6.54 Å². The Balaban J connectivity index is 2.11. The van der Waals surface area contributed by atoms with Crippen molar-refractivity contribution < 1.29 is 0 Å². The van der Waals surface area contributed by atoms with E-state index in [1.165, 1.54) is 51.5 Å². The van der Waals surface area contributed by atoms with Crippen molar-refractivity contribution in [3.05, 3.63) is 0 Å². The van der Waals surface area contributed by atoms with Gasteiger partial charge in [0, 0.05) is 12.1 Å². The summed E-state index contributed by atoms with van der Waals surface area (Å²) in [7, 11) is 0.